The van der Waals surface area contributed by atoms with Gasteiger partial charge in [-0.2, -0.15) is 0 Å². The van der Waals surface area contributed by atoms with Crippen LogP contribution in [0.2, 0.25) is 5.02 Å². The Kier molecular flexibility index (Phi) is 6.98. The molecule has 0 heterocycles. The van der Waals surface area contributed by atoms with E-state index in [1.165, 1.54) is 0 Å². The number of hydrogen-bond acceptors (Lipinski definition) is 3. The summed E-state index contributed by atoms with van der Waals surface area (Å²) in [5.74, 6) is -0.940. The number of hydrogen-bond donors (Lipinski definition) is 3. The molecule has 0 radical (unpaired) electrons. The molecule has 3 N–H and O–H groups in total. The number of amides is 3. The van der Waals surface area contributed by atoms with Crippen molar-refractivity contribution in [1.82, 2.24) is 16.2 Å². The third-order valence-electron chi connectivity index (χ3n) is 3.32. The second kappa shape index (κ2) is 9.44. The average Bonchev–Trinajstić information content (AvgIpc) is 2.64. The molecule has 0 aliphatic rings. The zero-order chi connectivity index (χ0) is 18.1. The molecule has 0 saturated carbocycles. The largest absolute Gasteiger partial charge is 0.352 e. The maximum atomic E-state index is 11.9. The molecular formula is C18H18ClN3O3. The summed E-state index contributed by atoms with van der Waals surface area (Å²) in [6.45, 7) is 0.349. The molecule has 0 aliphatic carbocycles. The fourth-order valence-corrected chi connectivity index (χ4v) is 2.13. The number of nitrogens with one attached hydrogen (secondary N) is 3. The summed E-state index contributed by atoms with van der Waals surface area (Å²) in [6.07, 6.45) is 0.627. The molecule has 0 bridgehead atoms. The summed E-state index contributed by atoms with van der Waals surface area (Å²) >= 11 is 5.76. The second-order valence-corrected chi connectivity index (χ2v) is 5.67. The summed E-state index contributed by atoms with van der Waals surface area (Å²) in [7, 11) is 0. The number of hydrazine groups is 1. The number of carbonyl (C=O) groups excluding carboxylic acids is 3. The highest BCUT2D eigenvalue weighted by atomic mass is 35.5. The quantitative estimate of drug-likeness (QED) is 0.546. The molecule has 25 heavy (non-hydrogen) atoms. The van der Waals surface area contributed by atoms with E-state index in [-0.39, 0.29) is 24.1 Å². The molecule has 0 atom stereocenters. The molecule has 0 fully saturated rings. The van der Waals surface area contributed by atoms with Gasteiger partial charge in [-0.25, -0.2) is 0 Å². The Morgan fingerprint density at radius 1 is 0.800 bits per heavy atom. The normalized spacial score (nSPS) is 9.96. The minimum absolute atomic E-state index is 0.177. The molecule has 7 heteroatoms. The van der Waals surface area contributed by atoms with E-state index in [2.05, 4.69) is 16.2 Å². The van der Waals surface area contributed by atoms with Crippen molar-refractivity contribution in [3.63, 3.8) is 0 Å². The fraction of sp³-hybridized carbons (Fsp3) is 0.167. The van der Waals surface area contributed by atoms with Gasteiger partial charge in [-0.3, -0.25) is 25.2 Å². The van der Waals surface area contributed by atoms with E-state index in [0.717, 1.165) is 0 Å². The maximum Gasteiger partial charge on any atom is 0.269 e. The Morgan fingerprint density at radius 3 is 2.12 bits per heavy atom. The lowest BCUT2D eigenvalue weighted by atomic mass is 10.2. The maximum absolute atomic E-state index is 11.9. The SMILES string of the molecule is O=C(CCCNC(=O)c1ccc(Cl)cc1)NNC(=O)c1ccccc1. The predicted molar refractivity (Wildman–Crippen MR) is 95.1 cm³/mol. The molecule has 0 unspecified atom stereocenters. The van der Waals surface area contributed by atoms with Gasteiger partial charge in [-0.1, -0.05) is 29.8 Å². The van der Waals surface area contributed by atoms with Crippen LogP contribution >= 0.6 is 11.6 Å². The van der Waals surface area contributed by atoms with Crippen LogP contribution in [0.5, 0.6) is 0 Å². The summed E-state index contributed by atoms with van der Waals surface area (Å²) in [5.41, 5.74) is 5.64. The highest BCUT2D eigenvalue weighted by Gasteiger charge is 2.08. The monoisotopic (exact) mass is 359 g/mol. The van der Waals surface area contributed by atoms with Crippen LogP contribution in [0.4, 0.5) is 0 Å². The number of benzene rings is 2. The van der Waals surface area contributed by atoms with E-state index in [1.54, 1.807) is 54.6 Å². The van der Waals surface area contributed by atoms with Gasteiger partial charge in [0.15, 0.2) is 0 Å². The lowest BCUT2D eigenvalue weighted by Gasteiger charge is -2.08. The third kappa shape index (κ3) is 6.27. The summed E-state index contributed by atoms with van der Waals surface area (Å²) in [4.78, 5) is 35.3. The Labute approximate surface area is 150 Å². The zero-order valence-electron chi connectivity index (χ0n) is 13.4. The molecule has 3 amide bonds. The van der Waals surface area contributed by atoms with Crippen LogP contribution in [0.25, 0.3) is 0 Å². The van der Waals surface area contributed by atoms with Gasteiger partial charge in [0.1, 0.15) is 0 Å². The summed E-state index contributed by atoms with van der Waals surface area (Å²) in [6, 6.07) is 15.1. The molecule has 0 saturated heterocycles. The first-order valence-electron chi connectivity index (χ1n) is 7.74. The molecule has 6 nitrogen and oxygen atoms in total. The smallest absolute Gasteiger partial charge is 0.269 e. The van der Waals surface area contributed by atoms with Crippen LogP contribution in [-0.4, -0.2) is 24.3 Å². The van der Waals surface area contributed by atoms with Gasteiger partial charge in [0.2, 0.25) is 5.91 Å². The first-order valence-corrected chi connectivity index (χ1v) is 8.12. The average molecular weight is 360 g/mol. The van der Waals surface area contributed by atoms with E-state index >= 15 is 0 Å². The van der Waals surface area contributed by atoms with E-state index < -0.39 is 0 Å². The lowest BCUT2D eigenvalue weighted by Crippen LogP contribution is -2.41. The number of halogens is 1. The molecule has 2 aromatic carbocycles. The van der Waals surface area contributed by atoms with Crippen LogP contribution in [0.15, 0.2) is 54.6 Å². The third-order valence-corrected chi connectivity index (χ3v) is 3.58. The highest BCUT2D eigenvalue weighted by molar-refractivity contribution is 6.30. The van der Waals surface area contributed by atoms with Gasteiger partial charge in [0, 0.05) is 29.1 Å². The first kappa shape index (κ1) is 18.5. The van der Waals surface area contributed by atoms with Crippen molar-refractivity contribution in [2.45, 2.75) is 12.8 Å². The Balaban J connectivity index is 1.63. The lowest BCUT2D eigenvalue weighted by molar-refractivity contribution is -0.121. The van der Waals surface area contributed by atoms with Gasteiger partial charge in [0.25, 0.3) is 11.8 Å². The van der Waals surface area contributed by atoms with Crippen LogP contribution in [0.3, 0.4) is 0 Å². The Bertz CT molecular complexity index is 733. The van der Waals surface area contributed by atoms with E-state index in [4.69, 9.17) is 11.6 Å². The van der Waals surface area contributed by atoms with Crippen molar-refractivity contribution in [3.8, 4) is 0 Å². The second-order valence-electron chi connectivity index (χ2n) is 5.23. The van der Waals surface area contributed by atoms with E-state index in [1.807, 2.05) is 0 Å². The van der Waals surface area contributed by atoms with Crippen molar-refractivity contribution in [3.05, 3.63) is 70.7 Å². The van der Waals surface area contributed by atoms with Crippen LogP contribution < -0.4 is 16.2 Å². The van der Waals surface area contributed by atoms with Crippen molar-refractivity contribution in [2.75, 3.05) is 6.54 Å². The number of carbonyl (C=O) groups is 3. The van der Waals surface area contributed by atoms with Gasteiger partial charge in [0.05, 0.1) is 0 Å². The minimum atomic E-state index is -0.384. The van der Waals surface area contributed by atoms with Crippen LogP contribution in [0, 0.1) is 0 Å². The van der Waals surface area contributed by atoms with Crippen molar-refractivity contribution < 1.29 is 14.4 Å². The van der Waals surface area contributed by atoms with Gasteiger partial charge < -0.3 is 5.32 Å². The zero-order valence-corrected chi connectivity index (χ0v) is 14.2. The molecular weight excluding hydrogens is 342 g/mol. The predicted octanol–water partition coefficient (Wildman–Crippen LogP) is 2.31. The van der Waals surface area contributed by atoms with Crippen LogP contribution in [-0.2, 0) is 4.79 Å². The van der Waals surface area contributed by atoms with Crippen molar-refractivity contribution >= 4 is 29.3 Å². The van der Waals surface area contributed by atoms with Crippen molar-refractivity contribution in [1.29, 1.82) is 0 Å². The first-order chi connectivity index (χ1) is 12.1. The molecule has 0 spiro atoms. The fourth-order valence-electron chi connectivity index (χ4n) is 2.00. The molecule has 130 valence electrons. The van der Waals surface area contributed by atoms with Gasteiger partial charge in [-0.15, -0.1) is 0 Å². The molecule has 2 rings (SSSR count). The minimum Gasteiger partial charge on any atom is -0.352 e. The van der Waals surface area contributed by atoms with E-state index in [0.29, 0.717) is 29.1 Å². The molecule has 0 aromatic heterocycles. The Hall–Kier alpha value is -2.86. The molecule has 0 aliphatic heterocycles. The Morgan fingerprint density at radius 2 is 1.44 bits per heavy atom. The van der Waals surface area contributed by atoms with Crippen molar-refractivity contribution in [2.24, 2.45) is 0 Å². The summed E-state index contributed by atoms with van der Waals surface area (Å²) < 4.78 is 0. The summed E-state index contributed by atoms with van der Waals surface area (Å²) in [5, 5.41) is 3.28. The van der Waals surface area contributed by atoms with Gasteiger partial charge >= 0.3 is 0 Å². The topological polar surface area (TPSA) is 87.3 Å². The van der Waals surface area contributed by atoms with E-state index in [9.17, 15) is 14.4 Å². The standard InChI is InChI=1S/C18H18ClN3O3/c19-15-10-8-14(9-11-15)17(24)20-12-4-7-16(23)21-22-18(25)13-5-2-1-3-6-13/h1-3,5-6,8-11H,4,7,12H2,(H,20,24)(H,21,23)(H,22,25). The van der Waals surface area contributed by atoms with Gasteiger partial charge in [-0.05, 0) is 42.8 Å². The van der Waals surface area contributed by atoms with Crippen LogP contribution in [0.1, 0.15) is 33.6 Å². The number of rotatable bonds is 6. The molecule has 2 aromatic rings. The highest BCUT2D eigenvalue weighted by Crippen LogP contribution is 2.09.